The first-order valence-corrected chi connectivity index (χ1v) is 7.31. The number of nitrogens with zero attached hydrogens (tertiary/aromatic N) is 1. The van der Waals surface area contributed by atoms with Crippen LogP contribution >= 0.6 is 0 Å². The van der Waals surface area contributed by atoms with Gasteiger partial charge in [0.2, 0.25) is 0 Å². The van der Waals surface area contributed by atoms with Gasteiger partial charge < -0.3 is 14.8 Å². The summed E-state index contributed by atoms with van der Waals surface area (Å²) in [5, 5.41) is 3.54. The van der Waals surface area contributed by atoms with E-state index in [9.17, 15) is 0 Å². The molecule has 0 unspecified atom stereocenters. The van der Waals surface area contributed by atoms with E-state index in [-0.39, 0.29) is 5.54 Å². The molecule has 112 valence electrons. The van der Waals surface area contributed by atoms with Gasteiger partial charge in [-0.1, -0.05) is 6.07 Å². The summed E-state index contributed by atoms with van der Waals surface area (Å²) in [5.74, 6) is 1.64. The van der Waals surface area contributed by atoms with Crippen molar-refractivity contribution >= 4 is 0 Å². The molecule has 1 aromatic rings. The van der Waals surface area contributed by atoms with Crippen molar-refractivity contribution in [3.8, 4) is 11.5 Å². The molecule has 1 saturated heterocycles. The van der Waals surface area contributed by atoms with Gasteiger partial charge in [0, 0.05) is 31.7 Å². The zero-order valence-corrected chi connectivity index (χ0v) is 13.0. The molecular formula is C16H26N2O2. The number of hydrogen-bond acceptors (Lipinski definition) is 4. The van der Waals surface area contributed by atoms with Crippen molar-refractivity contribution in [2.24, 2.45) is 0 Å². The molecule has 20 heavy (non-hydrogen) atoms. The van der Waals surface area contributed by atoms with Crippen LogP contribution in [-0.2, 0) is 6.54 Å². The summed E-state index contributed by atoms with van der Waals surface area (Å²) < 4.78 is 11.0. The quantitative estimate of drug-likeness (QED) is 0.896. The number of rotatable bonds is 5. The van der Waals surface area contributed by atoms with Crippen LogP contribution in [0.5, 0.6) is 11.5 Å². The Balaban J connectivity index is 2.07. The first kappa shape index (κ1) is 15.1. The molecule has 1 aliphatic heterocycles. The molecule has 2 rings (SSSR count). The van der Waals surface area contributed by atoms with Crippen LogP contribution in [0.4, 0.5) is 0 Å². The molecule has 1 N–H and O–H groups in total. The number of methoxy groups -OCH3 is 1. The highest BCUT2D eigenvalue weighted by molar-refractivity contribution is 5.43. The fourth-order valence-electron chi connectivity index (χ4n) is 2.73. The molecule has 0 aliphatic carbocycles. The third kappa shape index (κ3) is 3.87. The number of benzene rings is 1. The van der Waals surface area contributed by atoms with Crippen LogP contribution in [0.25, 0.3) is 0 Å². The van der Waals surface area contributed by atoms with Crippen LogP contribution in [0.1, 0.15) is 26.3 Å². The average Bonchev–Trinajstić information content (AvgIpc) is 2.38. The zero-order valence-electron chi connectivity index (χ0n) is 13.0. The number of nitrogens with one attached hydrogen (secondary N) is 1. The highest BCUT2D eigenvalue weighted by atomic mass is 16.5. The minimum atomic E-state index is 0.188. The van der Waals surface area contributed by atoms with E-state index in [4.69, 9.17) is 9.47 Å². The van der Waals surface area contributed by atoms with Gasteiger partial charge in [-0.2, -0.15) is 0 Å². The van der Waals surface area contributed by atoms with Gasteiger partial charge in [0.05, 0.1) is 13.7 Å². The lowest BCUT2D eigenvalue weighted by molar-refractivity contribution is 0.148. The molecular weight excluding hydrogens is 252 g/mol. The molecule has 0 atom stereocenters. The fraction of sp³-hybridized carbons (Fsp3) is 0.625. The van der Waals surface area contributed by atoms with Crippen molar-refractivity contribution in [1.29, 1.82) is 0 Å². The van der Waals surface area contributed by atoms with Gasteiger partial charge in [-0.05, 0) is 38.5 Å². The minimum Gasteiger partial charge on any atom is -0.493 e. The average molecular weight is 278 g/mol. The van der Waals surface area contributed by atoms with E-state index in [0.717, 1.165) is 37.7 Å². The minimum absolute atomic E-state index is 0.188. The smallest absolute Gasteiger partial charge is 0.161 e. The van der Waals surface area contributed by atoms with Crippen molar-refractivity contribution in [2.45, 2.75) is 32.9 Å². The third-order valence-electron chi connectivity index (χ3n) is 3.58. The Labute approximate surface area is 122 Å². The Kier molecular flexibility index (Phi) is 4.89. The molecule has 0 radical (unpaired) electrons. The van der Waals surface area contributed by atoms with Crippen LogP contribution in [0.3, 0.4) is 0 Å². The summed E-state index contributed by atoms with van der Waals surface area (Å²) in [4.78, 5) is 2.48. The predicted molar refractivity (Wildman–Crippen MR) is 81.5 cm³/mol. The van der Waals surface area contributed by atoms with Crippen LogP contribution in [0.2, 0.25) is 0 Å². The summed E-state index contributed by atoms with van der Waals surface area (Å²) in [7, 11) is 1.68. The Morgan fingerprint density at radius 1 is 1.30 bits per heavy atom. The van der Waals surface area contributed by atoms with Gasteiger partial charge in [-0.25, -0.2) is 0 Å². The van der Waals surface area contributed by atoms with Crippen LogP contribution in [-0.4, -0.2) is 43.8 Å². The predicted octanol–water partition coefficient (Wildman–Crippen LogP) is 2.28. The molecule has 4 heteroatoms. The van der Waals surface area contributed by atoms with Gasteiger partial charge in [-0.15, -0.1) is 0 Å². The van der Waals surface area contributed by atoms with E-state index in [0.29, 0.717) is 6.61 Å². The SMILES string of the molecule is CCOc1cc(CN2CCNC(C)(C)C2)ccc1OC. The van der Waals surface area contributed by atoms with Crippen molar-refractivity contribution in [2.75, 3.05) is 33.4 Å². The number of ether oxygens (including phenoxy) is 2. The van der Waals surface area contributed by atoms with Crippen molar-refractivity contribution in [3.63, 3.8) is 0 Å². The van der Waals surface area contributed by atoms with Crippen LogP contribution < -0.4 is 14.8 Å². The Hall–Kier alpha value is -1.26. The summed E-state index contributed by atoms with van der Waals surface area (Å²) in [6, 6.07) is 6.21. The molecule has 1 aromatic carbocycles. The number of hydrogen-bond donors (Lipinski definition) is 1. The first-order chi connectivity index (χ1) is 9.54. The van der Waals surface area contributed by atoms with Gasteiger partial charge in [0.1, 0.15) is 0 Å². The van der Waals surface area contributed by atoms with E-state index in [1.807, 2.05) is 13.0 Å². The van der Waals surface area contributed by atoms with E-state index in [2.05, 4.69) is 36.2 Å². The maximum Gasteiger partial charge on any atom is 0.161 e. The summed E-state index contributed by atoms with van der Waals surface area (Å²) in [5.41, 5.74) is 1.46. The Morgan fingerprint density at radius 2 is 2.10 bits per heavy atom. The Bertz CT molecular complexity index is 446. The lowest BCUT2D eigenvalue weighted by Crippen LogP contribution is -2.56. The van der Waals surface area contributed by atoms with Gasteiger partial charge in [0.25, 0.3) is 0 Å². The van der Waals surface area contributed by atoms with E-state index < -0.39 is 0 Å². The Morgan fingerprint density at radius 3 is 2.75 bits per heavy atom. The zero-order chi connectivity index (χ0) is 14.6. The molecule has 1 aliphatic rings. The van der Waals surface area contributed by atoms with Gasteiger partial charge in [0.15, 0.2) is 11.5 Å². The standard InChI is InChI=1S/C16H26N2O2/c1-5-20-15-10-13(6-7-14(15)19-4)11-18-9-8-17-16(2,3)12-18/h6-7,10,17H,5,8-9,11-12H2,1-4H3. The van der Waals surface area contributed by atoms with Crippen LogP contribution in [0.15, 0.2) is 18.2 Å². The summed E-state index contributed by atoms with van der Waals surface area (Å²) >= 11 is 0. The van der Waals surface area contributed by atoms with Crippen molar-refractivity contribution in [3.05, 3.63) is 23.8 Å². The highest BCUT2D eigenvalue weighted by Crippen LogP contribution is 2.28. The second kappa shape index (κ2) is 6.46. The third-order valence-corrected chi connectivity index (χ3v) is 3.58. The summed E-state index contributed by atoms with van der Waals surface area (Å²) in [6.07, 6.45) is 0. The maximum absolute atomic E-state index is 5.64. The second-order valence-corrected chi connectivity index (χ2v) is 5.94. The first-order valence-electron chi connectivity index (χ1n) is 7.31. The van der Waals surface area contributed by atoms with Crippen molar-refractivity contribution in [1.82, 2.24) is 10.2 Å². The van der Waals surface area contributed by atoms with Gasteiger partial charge in [-0.3, -0.25) is 4.90 Å². The highest BCUT2D eigenvalue weighted by Gasteiger charge is 2.25. The molecule has 4 nitrogen and oxygen atoms in total. The molecule has 0 amide bonds. The molecule has 0 aromatic heterocycles. The van der Waals surface area contributed by atoms with E-state index >= 15 is 0 Å². The molecule has 0 saturated carbocycles. The monoisotopic (exact) mass is 278 g/mol. The summed E-state index contributed by atoms with van der Waals surface area (Å²) in [6.45, 7) is 11.3. The molecule has 0 bridgehead atoms. The van der Waals surface area contributed by atoms with E-state index in [1.54, 1.807) is 7.11 Å². The van der Waals surface area contributed by atoms with Crippen LogP contribution in [0, 0.1) is 0 Å². The largest absolute Gasteiger partial charge is 0.493 e. The second-order valence-electron chi connectivity index (χ2n) is 5.94. The number of piperazine rings is 1. The maximum atomic E-state index is 5.64. The molecule has 0 spiro atoms. The lowest BCUT2D eigenvalue weighted by atomic mass is 10.0. The lowest BCUT2D eigenvalue weighted by Gasteiger charge is -2.39. The van der Waals surface area contributed by atoms with E-state index in [1.165, 1.54) is 5.56 Å². The van der Waals surface area contributed by atoms with Gasteiger partial charge >= 0.3 is 0 Å². The van der Waals surface area contributed by atoms with Crippen molar-refractivity contribution < 1.29 is 9.47 Å². The normalized spacial score (nSPS) is 18.8. The fourth-order valence-corrected chi connectivity index (χ4v) is 2.73. The molecule has 1 heterocycles. The molecule has 1 fully saturated rings. The topological polar surface area (TPSA) is 33.7 Å².